The molecule has 3 amide bonds. The Morgan fingerprint density at radius 3 is 2.27 bits per heavy atom. The van der Waals surface area contributed by atoms with Crippen LogP contribution in [0.25, 0.3) is 6.08 Å². The lowest BCUT2D eigenvalue weighted by molar-refractivity contribution is -0.132. The summed E-state index contributed by atoms with van der Waals surface area (Å²) in [6, 6.07) is 17.3. The predicted octanol–water partition coefficient (Wildman–Crippen LogP) is 3.66. The van der Waals surface area contributed by atoms with Gasteiger partial charge in [-0.3, -0.25) is 19.2 Å². The standard InChI is InChI=1S/C31H27N3O7/c1-17(35)41-20-11-9-19(10-12-20)33-30(37)26-24-14-8-18-6-4-5-7-23(18)34(24)28(27(26)31(33)38)29(36)32-22-16-21(39-2)13-15-25(22)40-3/h4-16,24,26-28H,1-3H3,(H,32,36)/t24-,26+,27-,28+/m1/s1. The summed E-state index contributed by atoms with van der Waals surface area (Å²) in [6.45, 7) is 1.29. The maximum Gasteiger partial charge on any atom is 0.308 e. The Morgan fingerprint density at radius 1 is 0.854 bits per heavy atom. The maximum absolute atomic E-state index is 14.1. The molecule has 0 radical (unpaired) electrons. The topological polar surface area (TPSA) is 114 Å². The van der Waals surface area contributed by atoms with Crippen molar-refractivity contribution in [2.24, 2.45) is 11.8 Å². The van der Waals surface area contributed by atoms with Gasteiger partial charge < -0.3 is 24.4 Å². The lowest BCUT2D eigenvalue weighted by atomic mass is 9.88. The van der Waals surface area contributed by atoms with E-state index >= 15 is 0 Å². The van der Waals surface area contributed by atoms with Gasteiger partial charge in [0.25, 0.3) is 0 Å². The number of para-hydroxylation sites is 1. The first-order chi connectivity index (χ1) is 19.8. The van der Waals surface area contributed by atoms with E-state index in [4.69, 9.17) is 14.2 Å². The highest BCUT2D eigenvalue weighted by Gasteiger charge is 2.64. The first-order valence-corrected chi connectivity index (χ1v) is 13.1. The van der Waals surface area contributed by atoms with Gasteiger partial charge >= 0.3 is 5.97 Å². The predicted molar refractivity (Wildman–Crippen MR) is 151 cm³/mol. The molecule has 41 heavy (non-hydrogen) atoms. The molecule has 2 fully saturated rings. The van der Waals surface area contributed by atoms with E-state index in [0.29, 0.717) is 28.6 Å². The van der Waals surface area contributed by atoms with Crippen molar-refractivity contribution in [3.8, 4) is 17.2 Å². The number of amides is 3. The number of rotatable bonds is 6. The number of hydrogen-bond acceptors (Lipinski definition) is 8. The van der Waals surface area contributed by atoms with Crippen molar-refractivity contribution in [2.45, 2.75) is 19.0 Å². The smallest absolute Gasteiger partial charge is 0.308 e. The van der Waals surface area contributed by atoms with Gasteiger partial charge in [-0.05, 0) is 48.0 Å². The molecule has 2 saturated heterocycles. The van der Waals surface area contributed by atoms with Crippen LogP contribution in [-0.4, -0.2) is 50.0 Å². The first-order valence-electron chi connectivity index (χ1n) is 13.1. The molecule has 3 aliphatic rings. The Morgan fingerprint density at radius 2 is 1.56 bits per heavy atom. The number of ether oxygens (including phenoxy) is 3. The molecule has 0 saturated carbocycles. The second kappa shape index (κ2) is 10.1. The van der Waals surface area contributed by atoms with E-state index in [1.54, 1.807) is 30.3 Å². The molecule has 0 aliphatic carbocycles. The number of nitrogens with one attached hydrogen (secondary N) is 1. The van der Waals surface area contributed by atoms with Crippen LogP contribution in [0.4, 0.5) is 17.1 Å². The molecule has 0 aromatic heterocycles. The molecule has 4 atom stereocenters. The highest BCUT2D eigenvalue weighted by Crippen LogP contribution is 2.49. The zero-order valence-electron chi connectivity index (χ0n) is 22.6. The van der Waals surface area contributed by atoms with Gasteiger partial charge in [0, 0.05) is 18.7 Å². The van der Waals surface area contributed by atoms with Crippen LogP contribution in [0.15, 0.2) is 72.8 Å². The fourth-order valence-corrected chi connectivity index (χ4v) is 6.02. The van der Waals surface area contributed by atoms with Gasteiger partial charge in [-0.2, -0.15) is 0 Å². The Hall–Kier alpha value is -5.12. The Kier molecular flexibility index (Phi) is 6.45. The van der Waals surface area contributed by atoms with Crippen LogP contribution in [0.5, 0.6) is 17.2 Å². The minimum Gasteiger partial charge on any atom is -0.497 e. The van der Waals surface area contributed by atoms with Crippen molar-refractivity contribution in [1.29, 1.82) is 0 Å². The number of benzene rings is 3. The quantitative estimate of drug-likeness (QED) is 0.280. The van der Waals surface area contributed by atoms with Gasteiger partial charge in [0.1, 0.15) is 23.3 Å². The third-order valence-corrected chi connectivity index (χ3v) is 7.70. The highest BCUT2D eigenvalue weighted by molar-refractivity contribution is 6.25. The summed E-state index contributed by atoms with van der Waals surface area (Å²) in [6.07, 6.45) is 3.81. The molecule has 10 nitrogen and oxygen atoms in total. The number of carbonyl (C=O) groups excluding carboxylic acids is 4. The number of carbonyl (C=O) groups is 4. The minimum atomic E-state index is -0.992. The summed E-state index contributed by atoms with van der Waals surface area (Å²) in [5.41, 5.74) is 2.38. The number of methoxy groups -OCH3 is 2. The average molecular weight is 554 g/mol. The monoisotopic (exact) mass is 553 g/mol. The van der Waals surface area contributed by atoms with Gasteiger partial charge in [0.2, 0.25) is 17.7 Å². The summed E-state index contributed by atoms with van der Waals surface area (Å²) >= 11 is 0. The number of imide groups is 1. The molecule has 0 bridgehead atoms. The van der Waals surface area contributed by atoms with Crippen molar-refractivity contribution in [2.75, 3.05) is 29.3 Å². The highest BCUT2D eigenvalue weighted by atomic mass is 16.5. The van der Waals surface area contributed by atoms with Crippen LogP contribution in [0.1, 0.15) is 12.5 Å². The van der Waals surface area contributed by atoms with Gasteiger partial charge in [0.15, 0.2) is 0 Å². The van der Waals surface area contributed by atoms with Crippen LogP contribution in [-0.2, 0) is 19.2 Å². The summed E-state index contributed by atoms with van der Waals surface area (Å²) < 4.78 is 15.9. The van der Waals surface area contributed by atoms with Crippen molar-refractivity contribution >= 4 is 46.8 Å². The summed E-state index contributed by atoms with van der Waals surface area (Å²) in [5, 5.41) is 2.93. The van der Waals surface area contributed by atoms with E-state index in [2.05, 4.69) is 5.32 Å². The molecule has 1 N–H and O–H groups in total. The summed E-state index contributed by atoms with van der Waals surface area (Å²) in [5.74, 6) is -2.30. The van der Waals surface area contributed by atoms with E-state index in [0.717, 1.165) is 16.2 Å². The van der Waals surface area contributed by atoms with E-state index in [9.17, 15) is 19.2 Å². The lowest BCUT2D eigenvalue weighted by Crippen LogP contribution is -2.50. The second-order valence-electron chi connectivity index (χ2n) is 9.97. The fraction of sp³-hybridized carbons (Fsp3) is 0.226. The number of nitrogens with zero attached hydrogens (tertiary/aromatic N) is 2. The van der Waals surface area contributed by atoms with Crippen molar-refractivity contribution < 1.29 is 33.4 Å². The largest absolute Gasteiger partial charge is 0.497 e. The molecular weight excluding hydrogens is 526 g/mol. The molecule has 0 unspecified atom stereocenters. The zero-order chi connectivity index (χ0) is 28.8. The molecule has 10 heteroatoms. The average Bonchev–Trinajstić information content (AvgIpc) is 3.45. The lowest BCUT2D eigenvalue weighted by Gasteiger charge is -2.36. The summed E-state index contributed by atoms with van der Waals surface area (Å²) in [7, 11) is 3.02. The number of hydrogen-bond donors (Lipinski definition) is 1. The van der Waals surface area contributed by atoms with Gasteiger partial charge in [0.05, 0.1) is 43.5 Å². The van der Waals surface area contributed by atoms with E-state index in [1.165, 1.54) is 33.3 Å². The third-order valence-electron chi connectivity index (χ3n) is 7.70. The molecular formula is C31H27N3O7. The number of fused-ring (bicyclic) bond motifs is 5. The van der Waals surface area contributed by atoms with Crippen molar-refractivity contribution in [1.82, 2.24) is 0 Å². The zero-order valence-corrected chi connectivity index (χ0v) is 22.6. The van der Waals surface area contributed by atoms with E-state index in [-0.39, 0.29) is 0 Å². The maximum atomic E-state index is 14.1. The van der Waals surface area contributed by atoms with Gasteiger partial charge in [-0.25, -0.2) is 4.90 Å². The van der Waals surface area contributed by atoms with Gasteiger partial charge in [-0.1, -0.05) is 30.4 Å². The van der Waals surface area contributed by atoms with Crippen LogP contribution >= 0.6 is 0 Å². The van der Waals surface area contributed by atoms with Crippen molar-refractivity contribution in [3.63, 3.8) is 0 Å². The fourth-order valence-electron chi connectivity index (χ4n) is 6.02. The molecule has 3 heterocycles. The second-order valence-corrected chi connectivity index (χ2v) is 9.97. The van der Waals surface area contributed by atoms with E-state index < -0.39 is 47.6 Å². The molecule has 3 aromatic rings. The van der Waals surface area contributed by atoms with Crippen LogP contribution in [0.2, 0.25) is 0 Å². The van der Waals surface area contributed by atoms with Crippen LogP contribution in [0, 0.1) is 11.8 Å². The molecule has 0 spiro atoms. The van der Waals surface area contributed by atoms with Crippen LogP contribution in [0.3, 0.4) is 0 Å². The molecule has 3 aromatic carbocycles. The van der Waals surface area contributed by atoms with Crippen LogP contribution < -0.4 is 29.3 Å². The SMILES string of the molecule is COc1ccc(OC)c(NC(=O)[C@@H]2[C@@H]3C(=O)N(c4ccc(OC(C)=O)cc4)C(=O)[C@H]3[C@H]3C=Cc4ccccc4N32)c1. The first kappa shape index (κ1) is 26.1. The third kappa shape index (κ3) is 4.28. The molecule has 6 rings (SSSR count). The Labute approximate surface area is 236 Å². The van der Waals surface area contributed by atoms with Crippen molar-refractivity contribution in [3.05, 3.63) is 78.4 Å². The van der Waals surface area contributed by atoms with Gasteiger partial charge in [-0.15, -0.1) is 0 Å². The number of esters is 1. The summed E-state index contributed by atoms with van der Waals surface area (Å²) in [4.78, 5) is 56.4. The molecule has 208 valence electrons. The Bertz CT molecular complexity index is 1600. The minimum absolute atomic E-state index is 0.294. The normalized spacial score (nSPS) is 22.1. The van der Waals surface area contributed by atoms with E-state index in [1.807, 2.05) is 41.3 Å². The molecule has 3 aliphatic heterocycles. The Balaban J connectivity index is 1.40. The number of anilines is 3.